The molecule has 0 aliphatic rings. The van der Waals surface area contributed by atoms with E-state index in [1.54, 1.807) is 0 Å². The molecule has 5 heteroatoms. The molecule has 0 radical (unpaired) electrons. The van der Waals surface area contributed by atoms with E-state index in [0.717, 1.165) is 10.0 Å². The molecule has 0 aliphatic heterocycles. The van der Waals surface area contributed by atoms with E-state index in [0.29, 0.717) is 5.76 Å². The number of nitrogen functional groups attached to an aromatic ring is 1. The van der Waals surface area contributed by atoms with Crippen molar-refractivity contribution in [2.45, 2.75) is 6.92 Å². The number of anilines is 1. The summed E-state index contributed by atoms with van der Waals surface area (Å²) in [6.07, 6.45) is 0. The molecule has 82 valence electrons. The molecule has 2 N–H and O–H groups in total. The number of aromatic nitrogens is 1. The maximum Gasteiger partial charge on any atom is 0.293 e. The van der Waals surface area contributed by atoms with Gasteiger partial charge in [0, 0.05) is 17.0 Å². The van der Waals surface area contributed by atoms with Crippen molar-refractivity contribution < 1.29 is 9.21 Å². The Morgan fingerprint density at radius 2 is 2.12 bits per heavy atom. The van der Waals surface area contributed by atoms with E-state index in [4.69, 9.17) is 10.2 Å². The molecule has 0 amide bonds. The Bertz CT molecular complexity index is 549. The number of hydrogen-bond acceptors (Lipinski definition) is 4. The molecule has 2 rings (SSSR count). The van der Waals surface area contributed by atoms with Crippen LogP contribution in [-0.4, -0.2) is 10.8 Å². The number of nitrogens with zero attached hydrogens (tertiary/aromatic N) is 1. The van der Waals surface area contributed by atoms with E-state index >= 15 is 0 Å². The van der Waals surface area contributed by atoms with Gasteiger partial charge in [-0.1, -0.05) is 34.1 Å². The molecular weight excluding hydrogens is 272 g/mol. The van der Waals surface area contributed by atoms with Gasteiger partial charge in [0.1, 0.15) is 0 Å². The summed E-state index contributed by atoms with van der Waals surface area (Å²) in [6.45, 7) is 1.43. The van der Waals surface area contributed by atoms with E-state index in [1.165, 1.54) is 6.92 Å². The predicted octanol–water partition coefficient (Wildman–Crippen LogP) is 2.89. The monoisotopic (exact) mass is 280 g/mol. The van der Waals surface area contributed by atoms with Gasteiger partial charge in [-0.2, -0.15) is 4.98 Å². The lowest BCUT2D eigenvalue weighted by Gasteiger charge is -2.00. The number of hydrogen-bond donors (Lipinski definition) is 1. The van der Waals surface area contributed by atoms with Crippen molar-refractivity contribution in [1.29, 1.82) is 0 Å². The van der Waals surface area contributed by atoms with Gasteiger partial charge in [-0.3, -0.25) is 4.79 Å². The van der Waals surface area contributed by atoms with Crippen LogP contribution in [0.5, 0.6) is 0 Å². The summed E-state index contributed by atoms with van der Waals surface area (Å²) >= 11 is 3.39. The molecular formula is C11H9BrN2O2. The van der Waals surface area contributed by atoms with Gasteiger partial charge >= 0.3 is 0 Å². The van der Waals surface area contributed by atoms with Gasteiger partial charge in [0.05, 0.1) is 0 Å². The van der Waals surface area contributed by atoms with Crippen LogP contribution in [0.1, 0.15) is 17.4 Å². The largest absolute Gasteiger partial charge is 0.423 e. The highest BCUT2D eigenvalue weighted by Crippen LogP contribution is 2.32. The summed E-state index contributed by atoms with van der Waals surface area (Å²) < 4.78 is 6.09. The lowest BCUT2D eigenvalue weighted by atomic mass is 10.1. The van der Waals surface area contributed by atoms with E-state index < -0.39 is 0 Å². The van der Waals surface area contributed by atoms with Crippen molar-refractivity contribution in [3.63, 3.8) is 0 Å². The van der Waals surface area contributed by atoms with Crippen LogP contribution in [-0.2, 0) is 0 Å². The minimum absolute atomic E-state index is 0.00375. The fraction of sp³-hybridized carbons (Fsp3) is 0.0909. The van der Waals surface area contributed by atoms with Crippen molar-refractivity contribution in [3.8, 4) is 11.3 Å². The van der Waals surface area contributed by atoms with E-state index in [9.17, 15) is 4.79 Å². The number of halogens is 1. The maximum absolute atomic E-state index is 11.4. The minimum Gasteiger partial charge on any atom is -0.423 e. The van der Waals surface area contributed by atoms with Gasteiger partial charge in [-0.15, -0.1) is 0 Å². The Kier molecular flexibility index (Phi) is 2.78. The third kappa shape index (κ3) is 1.86. The number of ketones is 1. The molecule has 0 fully saturated rings. The molecule has 0 saturated carbocycles. The molecule has 0 bridgehead atoms. The lowest BCUT2D eigenvalue weighted by molar-refractivity contribution is 0.101. The van der Waals surface area contributed by atoms with Gasteiger partial charge in [0.15, 0.2) is 17.2 Å². The molecule has 2 aromatic rings. The highest BCUT2D eigenvalue weighted by Gasteiger charge is 2.18. The Balaban J connectivity index is 2.64. The van der Waals surface area contributed by atoms with Crippen molar-refractivity contribution in [2.75, 3.05) is 5.73 Å². The second-order valence-corrected chi connectivity index (χ2v) is 4.12. The van der Waals surface area contributed by atoms with Crippen LogP contribution in [0.15, 0.2) is 33.2 Å². The number of nitrogens with two attached hydrogens (primary N) is 1. The quantitative estimate of drug-likeness (QED) is 0.859. The molecule has 1 heterocycles. The second-order valence-electron chi connectivity index (χ2n) is 3.27. The van der Waals surface area contributed by atoms with Gasteiger partial charge in [0.25, 0.3) is 6.01 Å². The maximum atomic E-state index is 11.4. The van der Waals surface area contributed by atoms with Gasteiger partial charge in [0.2, 0.25) is 0 Å². The number of Topliss-reactive ketones (excluding diaryl/α,β-unsaturated/α-hetero) is 1. The number of rotatable bonds is 2. The zero-order chi connectivity index (χ0) is 11.7. The first kappa shape index (κ1) is 10.9. The van der Waals surface area contributed by atoms with Crippen molar-refractivity contribution in [3.05, 3.63) is 34.4 Å². The number of oxazole rings is 1. The highest BCUT2D eigenvalue weighted by atomic mass is 79.9. The first-order valence-electron chi connectivity index (χ1n) is 4.61. The predicted molar refractivity (Wildman–Crippen MR) is 64.1 cm³/mol. The third-order valence-electron chi connectivity index (χ3n) is 2.10. The third-order valence-corrected chi connectivity index (χ3v) is 2.79. The average Bonchev–Trinajstić information content (AvgIpc) is 2.61. The summed E-state index contributed by atoms with van der Waals surface area (Å²) in [5.74, 6) is 0.226. The summed E-state index contributed by atoms with van der Waals surface area (Å²) in [6, 6.07) is 7.41. The molecule has 4 nitrogen and oxygen atoms in total. The molecule has 0 atom stereocenters. The molecule has 0 saturated heterocycles. The molecule has 0 aliphatic carbocycles. The topological polar surface area (TPSA) is 69.1 Å². The van der Waals surface area contributed by atoms with Gasteiger partial charge in [-0.05, 0) is 6.07 Å². The van der Waals surface area contributed by atoms with Crippen LogP contribution in [0, 0.1) is 0 Å². The van der Waals surface area contributed by atoms with Crippen LogP contribution in [0.3, 0.4) is 0 Å². The first-order chi connectivity index (χ1) is 7.59. The Morgan fingerprint density at radius 1 is 1.44 bits per heavy atom. The van der Waals surface area contributed by atoms with E-state index in [2.05, 4.69) is 20.9 Å². The smallest absolute Gasteiger partial charge is 0.293 e. The van der Waals surface area contributed by atoms with Crippen molar-refractivity contribution in [1.82, 2.24) is 4.98 Å². The lowest BCUT2D eigenvalue weighted by Crippen LogP contribution is -1.95. The molecule has 1 aromatic heterocycles. The van der Waals surface area contributed by atoms with E-state index in [-0.39, 0.29) is 17.5 Å². The van der Waals surface area contributed by atoms with Gasteiger partial charge < -0.3 is 10.2 Å². The summed E-state index contributed by atoms with van der Waals surface area (Å²) in [4.78, 5) is 15.2. The SMILES string of the molecule is CC(=O)c1nc(N)oc1-c1ccccc1Br. The van der Waals surface area contributed by atoms with E-state index in [1.807, 2.05) is 24.3 Å². The van der Waals surface area contributed by atoms with Crippen LogP contribution in [0.25, 0.3) is 11.3 Å². The standard InChI is InChI=1S/C11H9BrN2O2/c1-6(15)9-10(16-11(13)14-9)7-4-2-3-5-8(7)12/h2-5H,1H3,(H2,13,14). The zero-order valence-corrected chi connectivity index (χ0v) is 10.1. The van der Waals surface area contributed by atoms with Crippen LogP contribution < -0.4 is 5.73 Å². The zero-order valence-electron chi connectivity index (χ0n) is 8.53. The van der Waals surface area contributed by atoms with Crippen LogP contribution in [0.2, 0.25) is 0 Å². The van der Waals surface area contributed by atoms with Crippen molar-refractivity contribution in [2.24, 2.45) is 0 Å². The Hall–Kier alpha value is -1.62. The van der Waals surface area contributed by atoms with Crippen molar-refractivity contribution >= 4 is 27.7 Å². The van der Waals surface area contributed by atoms with Crippen LogP contribution >= 0.6 is 15.9 Å². The fourth-order valence-electron chi connectivity index (χ4n) is 1.40. The molecule has 16 heavy (non-hydrogen) atoms. The molecule has 0 unspecified atom stereocenters. The Labute approximate surface area is 101 Å². The average molecular weight is 281 g/mol. The highest BCUT2D eigenvalue weighted by molar-refractivity contribution is 9.10. The van der Waals surface area contributed by atoms with Crippen LogP contribution in [0.4, 0.5) is 6.01 Å². The number of carbonyl (C=O) groups excluding carboxylic acids is 1. The first-order valence-corrected chi connectivity index (χ1v) is 5.41. The summed E-state index contributed by atoms with van der Waals surface area (Å²) in [5, 5.41) is 0. The fourth-order valence-corrected chi connectivity index (χ4v) is 1.87. The second kappa shape index (κ2) is 4.09. The normalized spacial score (nSPS) is 10.4. The van der Waals surface area contributed by atoms with Gasteiger partial charge in [-0.25, -0.2) is 0 Å². The Morgan fingerprint density at radius 3 is 2.75 bits per heavy atom. The summed E-state index contributed by atoms with van der Waals surface area (Å²) in [5.41, 5.74) is 6.47. The molecule has 0 spiro atoms. The number of carbonyl (C=O) groups is 1. The molecule has 1 aromatic carbocycles. The number of benzene rings is 1. The summed E-state index contributed by atoms with van der Waals surface area (Å²) in [7, 11) is 0. The minimum atomic E-state index is -0.175.